The average molecular weight is 343 g/mol. The van der Waals surface area contributed by atoms with Gasteiger partial charge in [0.2, 0.25) is 6.43 Å². The highest BCUT2D eigenvalue weighted by molar-refractivity contribution is 7.99. The van der Waals surface area contributed by atoms with E-state index in [-0.39, 0.29) is 18.2 Å². The number of amides is 2. The number of halogens is 3. The van der Waals surface area contributed by atoms with E-state index in [2.05, 4.69) is 5.32 Å². The second-order valence-corrected chi connectivity index (χ2v) is 6.17. The van der Waals surface area contributed by atoms with E-state index in [4.69, 9.17) is 5.26 Å². The van der Waals surface area contributed by atoms with E-state index in [1.165, 1.54) is 11.0 Å². The highest BCUT2D eigenvalue weighted by atomic mass is 32.2. The Hall–Kier alpha value is -1.88. The quantitative estimate of drug-likeness (QED) is 0.759. The van der Waals surface area contributed by atoms with Gasteiger partial charge in [0.25, 0.3) is 0 Å². The molecule has 23 heavy (non-hydrogen) atoms. The van der Waals surface area contributed by atoms with Crippen molar-refractivity contribution in [3.05, 3.63) is 24.0 Å². The molecular formula is C15H16F3N3OS. The Morgan fingerprint density at radius 2 is 2.22 bits per heavy atom. The van der Waals surface area contributed by atoms with Crippen molar-refractivity contribution in [2.24, 2.45) is 0 Å². The van der Waals surface area contributed by atoms with Crippen LogP contribution in [0.4, 0.5) is 23.7 Å². The molecule has 1 aromatic carbocycles. The van der Waals surface area contributed by atoms with Gasteiger partial charge < -0.3 is 10.2 Å². The monoisotopic (exact) mass is 343 g/mol. The summed E-state index contributed by atoms with van der Waals surface area (Å²) >= 11 is 0.857. The van der Waals surface area contributed by atoms with Crippen molar-refractivity contribution in [1.82, 2.24) is 4.90 Å². The molecule has 0 aromatic heterocycles. The fraction of sp³-hybridized carbons (Fsp3) is 0.467. The predicted molar refractivity (Wildman–Crippen MR) is 82.1 cm³/mol. The summed E-state index contributed by atoms with van der Waals surface area (Å²) in [5.41, 5.74) is 0.170. The zero-order valence-electron chi connectivity index (χ0n) is 12.3. The van der Waals surface area contributed by atoms with Crippen LogP contribution in [-0.2, 0) is 0 Å². The van der Waals surface area contributed by atoms with Crippen LogP contribution < -0.4 is 5.32 Å². The maximum absolute atomic E-state index is 13.4. The van der Waals surface area contributed by atoms with Gasteiger partial charge in [0.15, 0.2) is 0 Å². The third kappa shape index (κ3) is 5.36. The minimum atomic E-state index is -2.49. The summed E-state index contributed by atoms with van der Waals surface area (Å²) in [6, 6.07) is 5.28. The summed E-state index contributed by atoms with van der Waals surface area (Å²) in [6.45, 7) is 0.293. The summed E-state index contributed by atoms with van der Waals surface area (Å²) in [5.74, 6) is -0.994. The third-order valence-corrected chi connectivity index (χ3v) is 4.35. The number of alkyl halides is 2. The summed E-state index contributed by atoms with van der Waals surface area (Å²) < 4.78 is 38.1. The number of carbonyl (C=O) groups excluding carboxylic acids is 1. The Labute approximate surface area is 136 Å². The van der Waals surface area contributed by atoms with Crippen LogP contribution in [-0.4, -0.2) is 35.7 Å². The second kappa shape index (κ2) is 8.11. The van der Waals surface area contributed by atoms with Gasteiger partial charge >= 0.3 is 6.03 Å². The molecule has 0 aliphatic heterocycles. The standard InChI is InChI=1S/C15H16F3N3OS/c16-10-2-5-13(23-9-14(17)18)12(8-10)20-15(22)21(7-1-6-19)11-3-4-11/h2,5,8,11,14H,1,3-4,7,9H2,(H,20,22). The van der Waals surface area contributed by atoms with Crippen LogP contribution in [0.2, 0.25) is 0 Å². The Morgan fingerprint density at radius 3 is 2.83 bits per heavy atom. The zero-order chi connectivity index (χ0) is 16.8. The number of thioether (sulfide) groups is 1. The minimum absolute atomic E-state index is 0.0917. The zero-order valence-corrected chi connectivity index (χ0v) is 13.1. The number of carbonyl (C=O) groups is 1. The van der Waals surface area contributed by atoms with Crippen molar-refractivity contribution in [3.63, 3.8) is 0 Å². The van der Waals surface area contributed by atoms with E-state index in [0.717, 1.165) is 36.7 Å². The van der Waals surface area contributed by atoms with Gasteiger partial charge in [0, 0.05) is 17.5 Å². The first-order chi connectivity index (χ1) is 11.0. The molecular weight excluding hydrogens is 327 g/mol. The molecule has 0 bridgehead atoms. The van der Waals surface area contributed by atoms with Gasteiger partial charge in [-0.15, -0.1) is 11.8 Å². The van der Waals surface area contributed by atoms with Crippen LogP contribution in [0.3, 0.4) is 0 Å². The number of nitrogens with zero attached hydrogens (tertiary/aromatic N) is 2. The number of urea groups is 1. The van der Waals surface area contributed by atoms with Crippen LogP contribution in [0.25, 0.3) is 0 Å². The topological polar surface area (TPSA) is 56.1 Å². The molecule has 0 heterocycles. The highest BCUT2D eigenvalue weighted by Gasteiger charge is 2.32. The fourth-order valence-corrected chi connectivity index (χ4v) is 2.81. The van der Waals surface area contributed by atoms with E-state index in [0.29, 0.717) is 11.4 Å². The van der Waals surface area contributed by atoms with Crippen LogP contribution >= 0.6 is 11.8 Å². The number of anilines is 1. The molecule has 1 aromatic rings. The summed E-state index contributed by atoms with van der Waals surface area (Å²) in [4.78, 5) is 14.2. The molecule has 2 rings (SSSR count). The van der Waals surface area contributed by atoms with Crippen LogP contribution in [0, 0.1) is 17.1 Å². The smallest absolute Gasteiger partial charge is 0.321 e. The second-order valence-electron chi connectivity index (χ2n) is 5.11. The molecule has 4 nitrogen and oxygen atoms in total. The molecule has 2 amide bonds. The molecule has 8 heteroatoms. The van der Waals surface area contributed by atoms with Gasteiger partial charge in [-0.25, -0.2) is 18.0 Å². The van der Waals surface area contributed by atoms with Gasteiger partial charge in [-0.3, -0.25) is 0 Å². The molecule has 0 radical (unpaired) electrons. The van der Waals surface area contributed by atoms with E-state index >= 15 is 0 Å². The molecule has 1 fully saturated rings. The van der Waals surface area contributed by atoms with E-state index in [1.807, 2.05) is 6.07 Å². The van der Waals surface area contributed by atoms with Gasteiger partial charge in [0.05, 0.1) is 23.9 Å². The van der Waals surface area contributed by atoms with Crippen molar-refractivity contribution in [2.75, 3.05) is 17.6 Å². The lowest BCUT2D eigenvalue weighted by atomic mass is 10.3. The Bertz CT molecular complexity index is 602. The normalized spacial score (nSPS) is 13.7. The number of hydrogen-bond donors (Lipinski definition) is 1. The molecule has 0 spiro atoms. The van der Waals surface area contributed by atoms with Crippen molar-refractivity contribution in [2.45, 2.75) is 36.6 Å². The molecule has 1 aliphatic rings. The predicted octanol–water partition coefficient (Wildman–Crippen LogP) is 4.09. The van der Waals surface area contributed by atoms with Crippen LogP contribution in [0.1, 0.15) is 19.3 Å². The van der Waals surface area contributed by atoms with E-state index in [9.17, 15) is 18.0 Å². The molecule has 124 valence electrons. The number of nitrogens with one attached hydrogen (secondary N) is 1. The first kappa shape index (κ1) is 17.5. The lowest BCUT2D eigenvalue weighted by Gasteiger charge is -2.22. The van der Waals surface area contributed by atoms with Crippen LogP contribution in [0.5, 0.6) is 0 Å². The van der Waals surface area contributed by atoms with Gasteiger partial charge in [0.1, 0.15) is 5.82 Å². The van der Waals surface area contributed by atoms with Crippen molar-refractivity contribution < 1.29 is 18.0 Å². The largest absolute Gasteiger partial charge is 0.322 e. The van der Waals surface area contributed by atoms with Crippen molar-refractivity contribution >= 4 is 23.5 Å². The Balaban J connectivity index is 2.09. The minimum Gasteiger partial charge on any atom is -0.321 e. The lowest BCUT2D eigenvalue weighted by Crippen LogP contribution is -2.37. The summed E-state index contributed by atoms with van der Waals surface area (Å²) in [7, 11) is 0. The SMILES string of the molecule is N#CCCN(C(=O)Nc1cc(F)ccc1SCC(F)F)C1CC1. The lowest BCUT2D eigenvalue weighted by molar-refractivity contribution is 0.177. The van der Waals surface area contributed by atoms with Gasteiger partial charge in [-0.05, 0) is 31.0 Å². The molecule has 1 aliphatic carbocycles. The number of rotatable bonds is 7. The van der Waals surface area contributed by atoms with Gasteiger partial charge in [-0.1, -0.05) is 0 Å². The molecule has 1 N–H and O–H groups in total. The maximum Gasteiger partial charge on any atom is 0.322 e. The Morgan fingerprint density at radius 1 is 1.48 bits per heavy atom. The van der Waals surface area contributed by atoms with Crippen LogP contribution in [0.15, 0.2) is 23.1 Å². The average Bonchev–Trinajstić information content (AvgIpc) is 3.31. The number of nitriles is 1. The maximum atomic E-state index is 13.4. The highest BCUT2D eigenvalue weighted by Crippen LogP contribution is 2.31. The van der Waals surface area contributed by atoms with E-state index < -0.39 is 24.0 Å². The molecule has 1 saturated carbocycles. The molecule has 0 atom stereocenters. The van der Waals surface area contributed by atoms with E-state index in [1.54, 1.807) is 0 Å². The molecule has 0 saturated heterocycles. The molecule has 0 unspecified atom stereocenters. The summed E-state index contributed by atoms with van der Waals surface area (Å²) in [5, 5.41) is 11.2. The third-order valence-electron chi connectivity index (χ3n) is 3.26. The number of hydrogen-bond acceptors (Lipinski definition) is 3. The Kier molecular flexibility index (Phi) is 6.16. The number of benzene rings is 1. The fourth-order valence-electron chi connectivity index (χ4n) is 2.07. The van der Waals surface area contributed by atoms with Gasteiger partial charge in [-0.2, -0.15) is 5.26 Å². The van der Waals surface area contributed by atoms with Crippen molar-refractivity contribution in [1.29, 1.82) is 5.26 Å². The first-order valence-electron chi connectivity index (χ1n) is 7.16. The van der Waals surface area contributed by atoms with Crippen molar-refractivity contribution in [3.8, 4) is 6.07 Å². The first-order valence-corrected chi connectivity index (χ1v) is 8.15. The summed E-state index contributed by atoms with van der Waals surface area (Å²) in [6.07, 6.45) is -0.545.